The largest absolute Gasteiger partial charge is 0.368 e. The molecular weight excluding hydrogens is 278 g/mol. The summed E-state index contributed by atoms with van der Waals surface area (Å²) in [5.74, 6) is 6.38. The van der Waals surface area contributed by atoms with E-state index in [1.54, 1.807) is 18.0 Å². The summed E-state index contributed by atoms with van der Waals surface area (Å²) in [7, 11) is 0. The molecule has 0 aliphatic carbocycles. The van der Waals surface area contributed by atoms with Gasteiger partial charge in [-0.3, -0.25) is 5.43 Å². The number of rotatable bonds is 5. The highest BCUT2D eigenvalue weighted by Gasteiger charge is 2.05. The first-order valence-electron chi connectivity index (χ1n) is 4.43. The summed E-state index contributed by atoms with van der Waals surface area (Å²) < 4.78 is 0.829. The molecule has 1 aromatic rings. The molecule has 5 nitrogen and oxygen atoms in total. The van der Waals surface area contributed by atoms with Gasteiger partial charge in [-0.1, -0.05) is 6.92 Å². The fraction of sp³-hybridized carbons (Fsp3) is 0.500. The van der Waals surface area contributed by atoms with Crippen LogP contribution in [0.2, 0.25) is 0 Å². The average Bonchev–Trinajstić information content (AvgIpc) is 2.27. The minimum absolute atomic E-state index is 0.400. The van der Waals surface area contributed by atoms with Gasteiger partial charge in [-0.2, -0.15) is 16.7 Å². The molecule has 0 saturated heterocycles. The molecule has 84 valence electrons. The van der Waals surface area contributed by atoms with Gasteiger partial charge in [0.2, 0.25) is 5.95 Å². The van der Waals surface area contributed by atoms with Crippen molar-refractivity contribution in [2.45, 2.75) is 12.2 Å². The van der Waals surface area contributed by atoms with Crippen LogP contribution < -0.4 is 16.6 Å². The van der Waals surface area contributed by atoms with E-state index in [1.165, 1.54) is 0 Å². The average molecular weight is 292 g/mol. The molecule has 0 radical (unpaired) electrons. The predicted octanol–water partition coefficient (Wildman–Crippen LogP) is 1.69. The Morgan fingerprint density at radius 1 is 1.67 bits per heavy atom. The molecule has 1 atom stereocenters. The highest BCUT2D eigenvalue weighted by Crippen LogP contribution is 2.20. The SMILES string of the molecule is CSC(C)CNc1nc(NN)ncc1Br. The Labute approximate surface area is 102 Å². The molecular formula is C8H14BrN5S. The van der Waals surface area contributed by atoms with E-state index in [9.17, 15) is 0 Å². The molecule has 0 aromatic carbocycles. The Morgan fingerprint density at radius 2 is 2.40 bits per heavy atom. The van der Waals surface area contributed by atoms with E-state index in [1.807, 2.05) is 0 Å². The third kappa shape index (κ3) is 3.84. The van der Waals surface area contributed by atoms with Gasteiger partial charge in [0.25, 0.3) is 0 Å². The molecule has 4 N–H and O–H groups in total. The molecule has 0 aliphatic heterocycles. The molecule has 0 fully saturated rings. The first-order chi connectivity index (χ1) is 7.17. The summed E-state index contributed by atoms with van der Waals surface area (Å²) in [5, 5.41) is 3.75. The van der Waals surface area contributed by atoms with Crippen LogP contribution in [0.25, 0.3) is 0 Å². The summed E-state index contributed by atoms with van der Waals surface area (Å²) in [5.41, 5.74) is 2.41. The fourth-order valence-electron chi connectivity index (χ4n) is 0.884. The minimum atomic E-state index is 0.400. The van der Waals surface area contributed by atoms with E-state index in [0.29, 0.717) is 11.2 Å². The maximum Gasteiger partial charge on any atom is 0.239 e. The van der Waals surface area contributed by atoms with Crippen molar-refractivity contribution in [1.29, 1.82) is 0 Å². The van der Waals surface area contributed by atoms with Gasteiger partial charge in [0.05, 0.1) is 4.47 Å². The Kier molecular flexibility index (Phi) is 5.13. The van der Waals surface area contributed by atoms with Crippen molar-refractivity contribution >= 4 is 39.5 Å². The summed E-state index contributed by atoms with van der Waals surface area (Å²) in [6, 6.07) is 0. The van der Waals surface area contributed by atoms with Gasteiger partial charge in [0, 0.05) is 18.0 Å². The standard InChI is InChI=1S/C8H14BrN5S/c1-5(15-2)3-11-7-6(9)4-12-8(13-7)14-10/h4-5H,3,10H2,1-2H3,(H2,11,12,13,14). The van der Waals surface area contributed by atoms with Crippen molar-refractivity contribution in [3.63, 3.8) is 0 Å². The van der Waals surface area contributed by atoms with Crippen LogP contribution in [0.15, 0.2) is 10.7 Å². The van der Waals surface area contributed by atoms with Crippen molar-refractivity contribution in [3.8, 4) is 0 Å². The molecule has 0 saturated carbocycles. The molecule has 7 heteroatoms. The zero-order valence-corrected chi connectivity index (χ0v) is 11.0. The summed E-state index contributed by atoms with van der Waals surface area (Å²) in [4.78, 5) is 8.15. The summed E-state index contributed by atoms with van der Waals surface area (Å²) in [6.45, 7) is 3.00. The van der Waals surface area contributed by atoms with Crippen molar-refractivity contribution in [3.05, 3.63) is 10.7 Å². The maximum atomic E-state index is 5.23. The van der Waals surface area contributed by atoms with Crippen molar-refractivity contribution < 1.29 is 0 Å². The lowest BCUT2D eigenvalue weighted by Crippen LogP contribution is -2.16. The second kappa shape index (κ2) is 6.14. The van der Waals surface area contributed by atoms with Crippen LogP contribution in [0.1, 0.15) is 6.92 Å². The third-order valence-electron chi connectivity index (χ3n) is 1.83. The number of hydrogen-bond donors (Lipinski definition) is 3. The van der Waals surface area contributed by atoms with Crippen LogP contribution >= 0.6 is 27.7 Å². The molecule has 1 heterocycles. The van der Waals surface area contributed by atoms with Crippen LogP contribution in [0.3, 0.4) is 0 Å². The number of aromatic nitrogens is 2. The predicted molar refractivity (Wildman–Crippen MR) is 69.0 cm³/mol. The quantitative estimate of drug-likeness (QED) is 0.566. The molecule has 0 bridgehead atoms. The number of thioether (sulfide) groups is 1. The monoisotopic (exact) mass is 291 g/mol. The van der Waals surface area contributed by atoms with Gasteiger partial charge in [-0.15, -0.1) is 0 Å². The van der Waals surface area contributed by atoms with E-state index in [0.717, 1.165) is 16.8 Å². The van der Waals surface area contributed by atoms with Crippen molar-refractivity contribution in [1.82, 2.24) is 9.97 Å². The highest BCUT2D eigenvalue weighted by molar-refractivity contribution is 9.10. The molecule has 0 aliphatic rings. The number of nitrogens with zero attached hydrogens (tertiary/aromatic N) is 2. The third-order valence-corrected chi connectivity index (χ3v) is 3.38. The van der Waals surface area contributed by atoms with Gasteiger partial charge in [0.15, 0.2) is 0 Å². The van der Waals surface area contributed by atoms with Crippen LogP contribution in [-0.2, 0) is 0 Å². The normalized spacial score (nSPS) is 12.3. The highest BCUT2D eigenvalue weighted by atomic mass is 79.9. The van der Waals surface area contributed by atoms with Gasteiger partial charge in [-0.05, 0) is 22.2 Å². The van der Waals surface area contributed by atoms with Gasteiger partial charge >= 0.3 is 0 Å². The van der Waals surface area contributed by atoms with Crippen LogP contribution in [0.5, 0.6) is 0 Å². The van der Waals surface area contributed by atoms with Gasteiger partial charge in [0.1, 0.15) is 5.82 Å². The lowest BCUT2D eigenvalue weighted by atomic mass is 10.4. The second-order valence-corrected chi connectivity index (χ2v) is 5.09. The number of anilines is 2. The van der Waals surface area contributed by atoms with Crippen molar-refractivity contribution in [2.24, 2.45) is 5.84 Å². The number of nitrogens with one attached hydrogen (secondary N) is 2. The molecule has 15 heavy (non-hydrogen) atoms. The topological polar surface area (TPSA) is 75.9 Å². The van der Waals surface area contributed by atoms with E-state index in [4.69, 9.17) is 5.84 Å². The fourth-order valence-corrected chi connectivity index (χ4v) is 1.47. The maximum absolute atomic E-state index is 5.23. The lowest BCUT2D eigenvalue weighted by molar-refractivity contribution is 0.981. The molecule has 1 aromatic heterocycles. The number of nitrogen functional groups attached to an aromatic ring is 1. The lowest BCUT2D eigenvalue weighted by Gasteiger charge is -2.11. The minimum Gasteiger partial charge on any atom is -0.368 e. The Balaban J connectivity index is 2.66. The Bertz CT molecular complexity index is 322. The van der Waals surface area contributed by atoms with Crippen LogP contribution in [-0.4, -0.2) is 28.0 Å². The Hall–Kier alpha value is -0.530. The van der Waals surface area contributed by atoms with Crippen LogP contribution in [0, 0.1) is 0 Å². The molecule has 0 spiro atoms. The molecule has 1 rings (SSSR count). The Morgan fingerprint density at radius 3 is 3.00 bits per heavy atom. The summed E-state index contributed by atoms with van der Waals surface area (Å²) in [6.07, 6.45) is 3.74. The summed E-state index contributed by atoms with van der Waals surface area (Å²) >= 11 is 5.17. The van der Waals surface area contributed by atoms with E-state index in [2.05, 4.69) is 49.8 Å². The number of hydrazine groups is 1. The molecule has 1 unspecified atom stereocenters. The van der Waals surface area contributed by atoms with Crippen molar-refractivity contribution in [2.75, 3.05) is 23.5 Å². The van der Waals surface area contributed by atoms with Crippen LogP contribution in [0.4, 0.5) is 11.8 Å². The van der Waals surface area contributed by atoms with Gasteiger partial charge < -0.3 is 5.32 Å². The molecule has 0 amide bonds. The zero-order valence-electron chi connectivity index (χ0n) is 8.62. The van der Waals surface area contributed by atoms with E-state index >= 15 is 0 Å². The number of nitrogens with two attached hydrogens (primary N) is 1. The zero-order chi connectivity index (χ0) is 11.3. The smallest absolute Gasteiger partial charge is 0.239 e. The number of halogens is 1. The first-order valence-corrected chi connectivity index (χ1v) is 6.51. The second-order valence-electron chi connectivity index (χ2n) is 2.96. The van der Waals surface area contributed by atoms with E-state index in [-0.39, 0.29) is 0 Å². The van der Waals surface area contributed by atoms with E-state index < -0.39 is 0 Å². The number of hydrogen-bond acceptors (Lipinski definition) is 6. The van der Waals surface area contributed by atoms with Gasteiger partial charge in [-0.25, -0.2) is 10.8 Å². The first kappa shape index (κ1) is 12.5.